The van der Waals surface area contributed by atoms with Crippen LogP contribution in [0.2, 0.25) is 0 Å². The summed E-state index contributed by atoms with van der Waals surface area (Å²) in [6.07, 6.45) is -0.793. The Labute approximate surface area is 47.9 Å². The van der Waals surface area contributed by atoms with Crippen LogP contribution in [0.25, 0.3) is 0 Å². The van der Waals surface area contributed by atoms with Crippen molar-refractivity contribution in [3.63, 3.8) is 0 Å². The van der Waals surface area contributed by atoms with E-state index in [-0.39, 0.29) is 19.9 Å². The van der Waals surface area contributed by atoms with Gasteiger partial charge < -0.3 is 20.7 Å². The Balaban J connectivity index is 2.86. The highest BCUT2D eigenvalue weighted by atomic mass is 16.5. The van der Waals surface area contributed by atoms with Crippen LogP contribution >= 0.6 is 0 Å². The number of aliphatic hydroxyl groups excluding tert-OH is 2. The van der Waals surface area contributed by atoms with Crippen molar-refractivity contribution in [2.75, 3.05) is 19.9 Å². The number of aliphatic hydroxyl groups is 2. The lowest BCUT2D eigenvalue weighted by Crippen LogP contribution is -2.21. The van der Waals surface area contributed by atoms with Crippen LogP contribution in [0.1, 0.15) is 0 Å². The summed E-state index contributed by atoms with van der Waals surface area (Å²) in [5.41, 5.74) is 4.92. The minimum absolute atomic E-state index is 0.0804. The molecule has 8 heavy (non-hydrogen) atoms. The van der Waals surface area contributed by atoms with Crippen molar-refractivity contribution < 1.29 is 14.9 Å². The van der Waals surface area contributed by atoms with Crippen LogP contribution in [-0.2, 0) is 4.74 Å². The highest BCUT2D eigenvalue weighted by Crippen LogP contribution is 1.79. The van der Waals surface area contributed by atoms with Gasteiger partial charge in [0.15, 0.2) is 0 Å². The fraction of sp³-hybridized carbons (Fsp3) is 1.00. The highest BCUT2D eigenvalue weighted by Gasteiger charge is 1.98. The van der Waals surface area contributed by atoms with Crippen LogP contribution in [0, 0.1) is 0 Å². The molecule has 0 saturated carbocycles. The Morgan fingerprint density at radius 3 is 2.62 bits per heavy atom. The van der Waals surface area contributed by atoms with E-state index in [1.54, 1.807) is 0 Å². The van der Waals surface area contributed by atoms with Gasteiger partial charge in [-0.05, 0) is 0 Å². The lowest BCUT2D eigenvalue weighted by atomic mass is 10.4. The third-order valence-electron chi connectivity index (χ3n) is 0.639. The highest BCUT2D eigenvalue weighted by molar-refractivity contribution is 4.46. The van der Waals surface area contributed by atoms with E-state index in [2.05, 4.69) is 4.74 Å². The summed E-state index contributed by atoms with van der Waals surface area (Å²) in [7, 11) is 0. The van der Waals surface area contributed by atoms with Crippen LogP contribution in [0.5, 0.6) is 0 Å². The summed E-state index contributed by atoms with van der Waals surface area (Å²) >= 11 is 0. The minimum Gasteiger partial charge on any atom is -0.394 e. The molecule has 0 radical (unpaired) electrons. The molecule has 0 aromatic carbocycles. The molecule has 50 valence electrons. The fourth-order valence-corrected chi connectivity index (χ4v) is 0.257. The minimum atomic E-state index is -0.793. The Kier molecular flexibility index (Phi) is 4.89. The van der Waals surface area contributed by atoms with Crippen molar-refractivity contribution in [1.82, 2.24) is 0 Å². The van der Waals surface area contributed by atoms with Crippen molar-refractivity contribution in [2.45, 2.75) is 6.10 Å². The van der Waals surface area contributed by atoms with E-state index >= 15 is 0 Å². The van der Waals surface area contributed by atoms with Gasteiger partial charge >= 0.3 is 0 Å². The summed E-state index contributed by atoms with van der Waals surface area (Å²) < 4.78 is 4.55. The molecular weight excluding hydrogens is 110 g/mol. The molecule has 1 unspecified atom stereocenters. The average molecular weight is 121 g/mol. The third-order valence-corrected chi connectivity index (χ3v) is 0.639. The number of rotatable bonds is 4. The maximum absolute atomic E-state index is 8.56. The zero-order valence-electron chi connectivity index (χ0n) is 4.58. The van der Waals surface area contributed by atoms with Gasteiger partial charge in [0, 0.05) is 0 Å². The van der Waals surface area contributed by atoms with E-state index in [1.165, 1.54) is 0 Å². The molecule has 0 aromatic rings. The number of ether oxygens (including phenoxy) is 1. The summed E-state index contributed by atoms with van der Waals surface area (Å²) in [6.45, 7) is -0.0932. The van der Waals surface area contributed by atoms with Gasteiger partial charge in [-0.15, -0.1) is 0 Å². The second kappa shape index (κ2) is 4.99. The van der Waals surface area contributed by atoms with E-state index in [4.69, 9.17) is 15.9 Å². The molecule has 4 N–H and O–H groups in total. The first kappa shape index (κ1) is 7.84. The van der Waals surface area contributed by atoms with Gasteiger partial charge in [-0.2, -0.15) is 0 Å². The second-order valence-corrected chi connectivity index (χ2v) is 1.37. The summed E-state index contributed by atoms with van der Waals surface area (Å²) in [6, 6.07) is 0. The molecule has 0 aliphatic rings. The van der Waals surface area contributed by atoms with E-state index in [1.807, 2.05) is 0 Å². The van der Waals surface area contributed by atoms with Crippen molar-refractivity contribution in [1.29, 1.82) is 0 Å². The Morgan fingerprint density at radius 1 is 1.62 bits per heavy atom. The van der Waals surface area contributed by atoms with Gasteiger partial charge in [-0.3, -0.25) is 0 Å². The first-order valence-electron chi connectivity index (χ1n) is 2.38. The van der Waals surface area contributed by atoms with Crippen molar-refractivity contribution in [2.24, 2.45) is 5.73 Å². The van der Waals surface area contributed by atoms with Crippen molar-refractivity contribution in [3.05, 3.63) is 0 Å². The Hall–Kier alpha value is -0.160. The average Bonchev–Trinajstić information content (AvgIpc) is 1.83. The topological polar surface area (TPSA) is 75.7 Å². The quantitative estimate of drug-likeness (QED) is 0.386. The Morgan fingerprint density at radius 2 is 2.25 bits per heavy atom. The van der Waals surface area contributed by atoms with Crippen LogP contribution in [0.3, 0.4) is 0 Å². The molecule has 1 atom stereocenters. The molecule has 0 aromatic heterocycles. The van der Waals surface area contributed by atoms with E-state index in [9.17, 15) is 0 Å². The molecule has 0 bridgehead atoms. The molecule has 0 rings (SSSR count). The molecule has 0 fully saturated rings. The molecule has 0 spiro atoms. The molecule has 0 aliphatic heterocycles. The summed E-state index contributed by atoms with van der Waals surface area (Å²) in [4.78, 5) is 0. The van der Waals surface area contributed by atoms with Gasteiger partial charge in [-0.1, -0.05) is 0 Å². The van der Waals surface area contributed by atoms with E-state index in [0.29, 0.717) is 0 Å². The van der Waals surface area contributed by atoms with Gasteiger partial charge in [0.1, 0.15) is 6.10 Å². The molecule has 4 nitrogen and oxygen atoms in total. The fourth-order valence-electron chi connectivity index (χ4n) is 0.257. The summed E-state index contributed by atoms with van der Waals surface area (Å²) in [5.74, 6) is 0. The Bertz CT molecular complexity index is 50.5. The molecular formula is C4H11NO3. The van der Waals surface area contributed by atoms with Gasteiger partial charge in [-0.25, -0.2) is 0 Å². The van der Waals surface area contributed by atoms with E-state index in [0.717, 1.165) is 0 Å². The van der Waals surface area contributed by atoms with Crippen LogP contribution in [0.15, 0.2) is 0 Å². The molecule has 4 heteroatoms. The van der Waals surface area contributed by atoms with Gasteiger partial charge in [0.2, 0.25) is 0 Å². The van der Waals surface area contributed by atoms with Crippen molar-refractivity contribution in [3.8, 4) is 0 Å². The maximum Gasteiger partial charge on any atom is 0.100 e. The zero-order valence-corrected chi connectivity index (χ0v) is 4.58. The SMILES string of the molecule is NCOCC(O)CO. The lowest BCUT2D eigenvalue weighted by Gasteiger charge is -2.04. The molecule has 0 saturated heterocycles. The lowest BCUT2D eigenvalue weighted by molar-refractivity contribution is 0.00826. The number of nitrogens with two attached hydrogens (primary N) is 1. The standard InChI is InChI=1S/C4H11NO3/c5-3-8-2-4(7)1-6/h4,6-7H,1-3,5H2. The maximum atomic E-state index is 8.56. The normalized spacial score (nSPS) is 13.9. The smallest absolute Gasteiger partial charge is 0.100 e. The first-order valence-corrected chi connectivity index (χ1v) is 2.38. The molecule has 0 heterocycles. The van der Waals surface area contributed by atoms with Crippen LogP contribution in [0.4, 0.5) is 0 Å². The van der Waals surface area contributed by atoms with Crippen LogP contribution in [-0.4, -0.2) is 36.3 Å². The number of hydrogen-bond acceptors (Lipinski definition) is 4. The second-order valence-electron chi connectivity index (χ2n) is 1.37. The number of hydrogen-bond donors (Lipinski definition) is 3. The monoisotopic (exact) mass is 121 g/mol. The third kappa shape index (κ3) is 4.01. The van der Waals surface area contributed by atoms with Crippen LogP contribution < -0.4 is 5.73 Å². The zero-order chi connectivity index (χ0) is 6.41. The first-order chi connectivity index (χ1) is 3.81. The summed E-state index contributed by atoms with van der Waals surface area (Å²) in [5, 5.41) is 16.7. The predicted molar refractivity (Wildman–Crippen MR) is 28.1 cm³/mol. The van der Waals surface area contributed by atoms with Gasteiger partial charge in [0.25, 0.3) is 0 Å². The van der Waals surface area contributed by atoms with Gasteiger partial charge in [0.05, 0.1) is 19.9 Å². The molecule has 0 aliphatic carbocycles. The van der Waals surface area contributed by atoms with Crippen molar-refractivity contribution >= 4 is 0 Å². The predicted octanol–water partition coefficient (Wildman–Crippen LogP) is -1.73. The largest absolute Gasteiger partial charge is 0.394 e. The molecule has 0 amide bonds. The van der Waals surface area contributed by atoms with E-state index < -0.39 is 6.10 Å².